The number of carbonyl (C=O) groups excluding carboxylic acids is 1. The molecule has 1 rings (SSSR count). The van der Waals surface area contributed by atoms with Crippen molar-refractivity contribution in [3.63, 3.8) is 0 Å². The van der Waals surface area contributed by atoms with E-state index in [1.807, 2.05) is 24.3 Å². The molecule has 0 bridgehead atoms. The first-order valence-electron chi connectivity index (χ1n) is 6.25. The molecular weight excluding hydrogens is 228 g/mol. The van der Waals surface area contributed by atoms with Gasteiger partial charge in [0, 0.05) is 24.7 Å². The molecule has 0 heterocycles. The molecule has 4 nitrogen and oxygen atoms in total. The summed E-state index contributed by atoms with van der Waals surface area (Å²) in [5, 5.41) is 6.13. The Morgan fingerprint density at radius 3 is 2.67 bits per heavy atom. The van der Waals surface area contributed by atoms with Crippen molar-refractivity contribution in [1.82, 2.24) is 10.6 Å². The fourth-order valence-electron chi connectivity index (χ4n) is 1.65. The number of amides is 1. The second-order valence-electron chi connectivity index (χ2n) is 4.45. The van der Waals surface area contributed by atoms with E-state index in [1.54, 1.807) is 7.11 Å². The van der Waals surface area contributed by atoms with Crippen LogP contribution < -0.4 is 15.4 Å². The second kappa shape index (κ2) is 7.71. The molecule has 0 spiro atoms. The highest BCUT2D eigenvalue weighted by molar-refractivity contribution is 5.79. The number of ether oxygens (including phenoxy) is 1. The normalized spacial score (nSPS) is 10.4. The predicted molar refractivity (Wildman–Crippen MR) is 72.8 cm³/mol. The minimum Gasteiger partial charge on any atom is -0.496 e. The lowest BCUT2D eigenvalue weighted by atomic mass is 10.1. The molecular formula is C14H22N2O2. The summed E-state index contributed by atoms with van der Waals surface area (Å²) in [7, 11) is 1.61. The molecule has 0 aliphatic rings. The Morgan fingerprint density at radius 2 is 2.00 bits per heavy atom. The second-order valence-corrected chi connectivity index (χ2v) is 4.45. The lowest BCUT2D eigenvalue weighted by molar-refractivity contribution is -0.120. The van der Waals surface area contributed by atoms with Gasteiger partial charge in [-0.1, -0.05) is 32.0 Å². The first-order chi connectivity index (χ1) is 8.63. The minimum atomic E-state index is 0.0186. The molecule has 18 heavy (non-hydrogen) atoms. The number of hydrogen-bond donors (Lipinski definition) is 2. The van der Waals surface area contributed by atoms with Crippen molar-refractivity contribution in [2.75, 3.05) is 20.2 Å². The molecule has 0 saturated carbocycles. The number of para-hydroxylation sites is 1. The van der Waals surface area contributed by atoms with Gasteiger partial charge in [0.2, 0.25) is 5.91 Å². The van der Waals surface area contributed by atoms with E-state index in [0.29, 0.717) is 19.0 Å². The fourth-order valence-corrected chi connectivity index (χ4v) is 1.65. The number of hydrogen-bond acceptors (Lipinski definition) is 3. The lowest BCUT2D eigenvalue weighted by Gasteiger charge is -2.10. The molecule has 0 saturated heterocycles. The van der Waals surface area contributed by atoms with Crippen LogP contribution in [0.1, 0.15) is 19.4 Å². The first kappa shape index (κ1) is 14.5. The van der Waals surface area contributed by atoms with Gasteiger partial charge in [-0.2, -0.15) is 0 Å². The summed E-state index contributed by atoms with van der Waals surface area (Å²) < 4.78 is 5.21. The number of methoxy groups -OCH3 is 1. The zero-order valence-electron chi connectivity index (χ0n) is 11.3. The van der Waals surface area contributed by atoms with E-state index in [1.165, 1.54) is 0 Å². The molecule has 0 unspecified atom stereocenters. The number of rotatable bonds is 7. The zero-order chi connectivity index (χ0) is 13.4. The van der Waals surface area contributed by atoms with Crippen LogP contribution in [-0.2, 0) is 11.2 Å². The van der Waals surface area contributed by atoms with Gasteiger partial charge in [0.25, 0.3) is 0 Å². The fraction of sp³-hybridized carbons (Fsp3) is 0.500. The third-order valence-electron chi connectivity index (χ3n) is 2.54. The van der Waals surface area contributed by atoms with E-state index < -0.39 is 0 Å². The average Bonchev–Trinajstić information content (AvgIpc) is 2.35. The Balaban J connectivity index is 2.35. The quantitative estimate of drug-likeness (QED) is 0.718. The Bertz CT molecular complexity index is 378. The standard InChI is InChI=1S/C14H22N2O2/c1-11(2)15-8-9-16-14(17)10-12-6-4-5-7-13(12)18-3/h4-7,11,15H,8-10H2,1-3H3,(H,16,17). The molecule has 2 N–H and O–H groups in total. The highest BCUT2D eigenvalue weighted by atomic mass is 16.5. The zero-order valence-corrected chi connectivity index (χ0v) is 11.3. The summed E-state index contributed by atoms with van der Waals surface area (Å²) in [4.78, 5) is 11.7. The average molecular weight is 250 g/mol. The number of benzene rings is 1. The van der Waals surface area contributed by atoms with Gasteiger partial charge in [-0.3, -0.25) is 4.79 Å². The van der Waals surface area contributed by atoms with Crippen LogP contribution in [0.3, 0.4) is 0 Å². The molecule has 1 amide bonds. The first-order valence-corrected chi connectivity index (χ1v) is 6.25. The molecule has 0 atom stereocenters. The summed E-state index contributed by atoms with van der Waals surface area (Å²) in [6, 6.07) is 8.02. The summed E-state index contributed by atoms with van der Waals surface area (Å²) >= 11 is 0. The van der Waals surface area contributed by atoms with E-state index in [9.17, 15) is 4.79 Å². The van der Waals surface area contributed by atoms with E-state index >= 15 is 0 Å². The van der Waals surface area contributed by atoms with Gasteiger partial charge in [0.05, 0.1) is 13.5 Å². The van der Waals surface area contributed by atoms with E-state index in [2.05, 4.69) is 24.5 Å². The van der Waals surface area contributed by atoms with Gasteiger partial charge < -0.3 is 15.4 Å². The minimum absolute atomic E-state index is 0.0186. The molecule has 0 radical (unpaired) electrons. The van der Waals surface area contributed by atoms with Crippen LogP contribution in [0, 0.1) is 0 Å². The van der Waals surface area contributed by atoms with Gasteiger partial charge >= 0.3 is 0 Å². The Kier molecular flexibility index (Phi) is 6.22. The van der Waals surface area contributed by atoms with Gasteiger partial charge in [-0.15, -0.1) is 0 Å². The maximum absolute atomic E-state index is 11.7. The molecule has 0 aliphatic carbocycles. The van der Waals surface area contributed by atoms with Crippen molar-refractivity contribution < 1.29 is 9.53 Å². The monoisotopic (exact) mass is 250 g/mol. The van der Waals surface area contributed by atoms with Crippen molar-refractivity contribution in [3.05, 3.63) is 29.8 Å². The molecule has 0 aliphatic heterocycles. The third-order valence-corrected chi connectivity index (χ3v) is 2.54. The highest BCUT2D eigenvalue weighted by Gasteiger charge is 2.07. The van der Waals surface area contributed by atoms with Crippen molar-refractivity contribution in [1.29, 1.82) is 0 Å². The van der Waals surface area contributed by atoms with Crippen molar-refractivity contribution in [3.8, 4) is 5.75 Å². The van der Waals surface area contributed by atoms with Crippen molar-refractivity contribution in [2.45, 2.75) is 26.3 Å². The Hall–Kier alpha value is -1.55. The van der Waals surface area contributed by atoms with Crippen LogP contribution >= 0.6 is 0 Å². The number of carbonyl (C=O) groups is 1. The topological polar surface area (TPSA) is 50.4 Å². The van der Waals surface area contributed by atoms with Crippen molar-refractivity contribution in [2.24, 2.45) is 0 Å². The van der Waals surface area contributed by atoms with Gasteiger partial charge in [-0.25, -0.2) is 0 Å². The SMILES string of the molecule is COc1ccccc1CC(=O)NCCNC(C)C. The Labute approximate surface area is 109 Å². The molecule has 0 fully saturated rings. The van der Waals surface area contributed by atoms with Crippen LogP contribution in [-0.4, -0.2) is 32.1 Å². The van der Waals surface area contributed by atoms with E-state index in [-0.39, 0.29) is 5.91 Å². The molecule has 0 aromatic heterocycles. The third kappa shape index (κ3) is 5.19. The van der Waals surface area contributed by atoms with Crippen LogP contribution in [0.4, 0.5) is 0 Å². The molecule has 100 valence electrons. The molecule has 1 aromatic rings. The molecule has 4 heteroatoms. The van der Waals surface area contributed by atoms with E-state index in [0.717, 1.165) is 17.9 Å². The van der Waals surface area contributed by atoms with Crippen molar-refractivity contribution >= 4 is 5.91 Å². The Morgan fingerprint density at radius 1 is 1.28 bits per heavy atom. The van der Waals surface area contributed by atoms with Crippen LogP contribution in [0.25, 0.3) is 0 Å². The highest BCUT2D eigenvalue weighted by Crippen LogP contribution is 2.17. The summed E-state index contributed by atoms with van der Waals surface area (Å²) in [5.74, 6) is 0.776. The summed E-state index contributed by atoms with van der Waals surface area (Å²) in [5.41, 5.74) is 0.911. The van der Waals surface area contributed by atoms with Gasteiger partial charge in [-0.05, 0) is 6.07 Å². The van der Waals surface area contributed by atoms with Gasteiger partial charge in [0.15, 0.2) is 0 Å². The summed E-state index contributed by atoms with van der Waals surface area (Å²) in [6.45, 7) is 5.59. The van der Waals surface area contributed by atoms with Crippen LogP contribution in [0.5, 0.6) is 5.75 Å². The molecule has 1 aromatic carbocycles. The van der Waals surface area contributed by atoms with Gasteiger partial charge in [0.1, 0.15) is 5.75 Å². The number of nitrogens with one attached hydrogen (secondary N) is 2. The van der Waals surface area contributed by atoms with E-state index in [4.69, 9.17) is 4.74 Å². The maximum atomic E-state index is 11.7. The largest absolute Gasteiger partial charge is 0.496 e. The predicted octanol–water partition coefficient (Wildman–Crippen LogP) is 1.35. The maximum Gasteiger partial charge on any atom is 0.224 e. The smallest absolute Gasteiger partial charge is 0.224 e. The van der Waals surface area contributed by atoms with Crippen LogP contribution in [0.2, 0.25) is 0 Å². The summed E-state index contributed by atoms with van der Waals surface area (Å²) in [6.07, 6.45) is 0.353. The van der Waals surface area contributed by atoms with Crippen LogP contribution in [0.15, 0.2) is 24.3 Å². The lowest BCUT2D eigenvalue weighted by Crippen LogP contribution is -2.35.